The fourth-order valence-corrected chi connectivity index (χ4v) is 4.83. The summed E-state index contributed by atoms with van der Waals surface area (Å²) in [7, 11) is 0. The summed E-state index contributed by atoms with van der Waals surface area (Å²) in [5.74, 6) is 0.701. The zero-order valence-corrected chi connectivity index (χ0v) is 14.7. The van der Waals surface area contributed by atoms with Gasteiger partial charge in [0.2, 0.25) is 0 Å². The smallest absolute Gasteiger partial charge is 0.267 e. The maximum absolute atomic E-state index is 12.9. The molecule has 0 fully saturated rings. The largest absolute Gasteiger partial charge is 0.278 e. The van der Waals surface area contributed by atoms with Crippen LogP contribution in [0.25, 0.3) is 10.2 Å². The van der Waals surface area contributed by atoms with E-state index < -0.39 is 0 Å². The van der Waals surface area contributed by atoms with E-state index >= 15 is 0 Å². The number of aromatic nitrogens is 3. The Kier molecular flexibility index (Phi) is 4.19. The second-order valence-corrected chi connectivity index (χ2v) is 7.82. The van der Waals surface area contributed by atoms with Crippen LogP contribution in [0.5, 0.6) is 0 Å². The van der Waals surface area contributed by atoms with E-state index in [0.717, 1.165) is 42.3 Å². The van der Waals surface area contributed by atoms with Gasteiger partial charge >= 0.3 is 0 Å². The second-order valence-electron chi connectivity index (χ2n) is 6.74. The zero-order chi connectivity index (χ0) is 16.5. The number of aryl methyl sites for hydroxylation is 3. The minimum absolute atomic E-state index is 0.0418. The molecule has 0 amide bonds. The Balaban J connectivity index is 1.58. The van der Waals surface area contributed by atoms with Crippen LogP contribution in [0.1, 0.15) is 35.8 Å². The number of thiophene rings is 1. The first-order chi connectivity index (χ1) is 11.7. The summed E-state index contributed by atoms with van der Waals surface area (Å²) >= 11 is 1.66. The molecule has 0 aliphatic heterocycles. The molecular weight excluding hydrogens is 318 g/mol. The molecule has 0 spiro atoms. The lowest BCUT2D eigenvalue weighted by Gasteiger charge is -2.17. The van der Waals surface area contributed by atoms with Crippen molar-refractivity contribution < 1.29 is 0 Å². The molecule has 0 radical (unpaired) electrons. The average Bonchev–Trinajstić information content (AvgIpc) is 2.96. The Bertz CT molecular complexity index is 914. The van der Waals surface area contributed by atoms with Crippen LogP contribution in [0.3, 0.4) is 0 Å². The maximum Gasteiger partial charge on any atom is 0.278 e. The Labute approximate surface area is 145 Å². The molecule has 0 saturated carbocycles. The highest BCUT2D eigenvalue weighted by atomic mass is 32.1. The van der Waals surface area contributed by atoms with E-state index in [0.29, 0.717) is 12.5 Å². The van der Waals surface area contributed by atoms with Crippen molar-refractivity contribution in [2.75, 3.05) is 0 Å². The van der Waals surface area contributed by atoms with Crippen molar-refractivity contribution in [1.82, 2.24) is 15.0 Å². The van der Waals surface area contributed by atoms with Crippen molar-refractivity contribution in [3.63, 3.8) is 0 Å². The second kappa shape index (κ2) is 6.48. The lowest BCUT2D eigenvalue weighted by molar-refractivity contribution is 0.507. The molecule has 4 rings (SSSR count). The van der Waals surface area contributed by atoms with Crippen molar-refractivity contribution in [1.29, 1.82) is 0 Å². The lowest BCUT2D eigenvalue weighted by atomic mass is 9.89. The first-order valence-corrected chi connectivity index (χ1v) is 9.46. The van der Waals surface area contributed by atoms with Gasteiger partial charge in [0.1, 0.15) is 0 Å². The molecule has 24 heavy (non-hydrogen) atoms. The normalized spacial score (nSPS) is 17.1. The zero-order valence-electron chi connectivity index (χ0n) is 13.9. The van der Waals surface area contributed by atoms with Crippen molar-refractivity contribution in [2.45, 2.75) is 45.6 Å². The monoisotopic (exact) mass is 339 g/mol. The highest BCUT2D eigenvalue weighted by Crippen LogP contribution is 2.35. The number of benzene rings is 1. The molecule has 1 aliphatic rings. The summed E-state index contributed by atoms with van der Waals surface area (Å²) in [5, 5.41) is 9.32. The van der Waals surface area contributed by atoms with Gasteiger partial charge in [-0.05, 0) is 49.1 Å². The molecule has 1 atom stereocenters. The van der Waals surface area contributed by atoms with Crippen molar-refractivity contribution in [3.05, 3.63) is 56.7 Å². The van der Waals surface area contributed by atoms with Crippen LogP contribution in [0.4, 0.5) is 0 Å². The average molecular weight is 339 g/mol. The molecule has 4 nitrogen and oxygen atoms in total. The van der Waals surface area contributed by atoms with Crippen LogP contribution in [0.15, 0.2) is 35.1 Å². The van der Waals surface area contributed by atoms with Gasteiger partial charge in [-0.25, -0.2) is 4.68 Å². The summed E-state index contributed by atoms with van der Waals surface area (Å²) < 4.78 is 1.55. The van der Waals surface area contributed by atoms with Gasteiger partial charge in [0.15, 0.2) is 4.83 Å². The van der Waals surface area contributed by atoms with Crippen molar-refractivity contribution >= 4 is 21.6 Å². The number of hydrogen-bond donors (Lipinski definition) is 0. The summed E-state index contributed by atoms with van der Waals surface area (Å²) in [5.41, 5.74) is 2.58. The summed E-state index contributed by atoms with van der Waals surface area (Å²) in [6, 6.07) is 10.4. The Morgan fingerprint density at radius 1 is 1.29 bits per heavy atom. The Hall–Kier alpha value is -2.01. The highest BCUT2D eigenvalue weighted by molar-refractivity contribution is 7.18. The molecule has 0 bridgehead atoms. The van der Waals surface area contributed by atoms with Crippen molar-refractivity contribution in [2.24, 2.45) is 5.92 Å². The van der Waals surface area contributed by atoms with Crippen LogP contribution in [-0.2, 0) is 25.8 Å². The molecule has 2 aromatic heterocycles. The van der Waals surface area contributed by atoms with Gasteiger partial charge in [0.05, 0.1) is 5.39 Å². The van der Waals surface area contributed by atoms with Gasteiger partial charge in [0, 0.05) is 11.4 Å². The molecule has 0 unspecified atom stereocenters. The van der Waals surface area contributed by atoms with Crippen LogP contribution in [-0.4, -0.2) is 15.0 Å². The van der Waals surface area contributed by atoms with Gasteiger partial charge in [-0.2, -0.15) is 0 Å². The fraction of sp³-hybridized carbons (Fsp3) is 0.421. The Morgan fingerprint density at radius 3 is 2.96 bits per heavy atom. The van der Waals surface area contributed by atoms with E-state index in [1.165, 1.54) is 16.0 Å². The molecule has 5 heteroatoms. The maximum atomic E-state index is 12.9. The predicted molar refractivity (Wildman–Crippen MR) is 97.6 cm³/mol. The molecule has 0 saturated heterocycles. The molecule has 3 aromatic rings. The predicted octanol–water partition coefficient (Wildman–Crippen LogP) is 3.61. The van der Waals surface area contributed by atoms with E-state index in [2.05, 4.69) is 29.4 Å². The molecule has 2 heterocycles. The van der Waals surface area contributed by atoms with Gasteiger partial charge in [-0.3, -0.25) is 4.79 Å². The fourth-order valence-electron chi connectivity index (χ4n) is 3.52. The van der Waals surface area contributed by atoms with E-state index in [1.807, 2.05) is 18.2 Å². The summed E-state index contributed by atoms with van der Waals surface area (Å²) in [4.78, 5) is 15.0. The highest BCUT2D eigenvalue weighted by Gasteiger charge is 2.23. The molecule has 124 valence electrons. The van der Waals surface area contributed by atoms with Gasteiger partial charge < -0.3 is 0 Å². The quantitative estimate of drug-likeness (QED) is 0.729. The van der Waals surface area contributed by atoms with E-state index in [9.17, 15) is 4.79 Å². The van der Waals surface area contributed by atoms with E-state index in [4.69, 9.17) is 0 Å². The standard InChI is InChI=1S/C19H21N3OS/c1-13-9-10-15-16(12-13)24-18-17(15)19(23)22(21-20-18)11-5-8-14-6-3-2-4-7-14/h2-4,6-7,13H,5,8-12H2,1H3/t13-/m1/s1. The third-order valence-corrected chi connectivity index (χ3v) is 6.00. The van der Waals surface area contributed by atoms with Crippen LogP contribution >= 0.6 is 11.3 Å². The van der Waals surface area contributed by atoms with Gasteiger partial charge in [0.25, 0.3) is 5.56 Å². The SMILES string of the molecule is C[C@@H]1CCc2c(sc3nnn(CCCc4ccccc4)c(=O)c23)C1. The molecule has 1 aliphatic carbocycles. The third-order valence-electron chi connectivity index (χ3n) is 4.86. The van der Waals surface area contributed by atoms with E-state index in [-0.39, 0.29) is 5.56 Å². The van der Waals surface area contributed by atoms with Gasteiger partial charge in [-0.15, -0.1) is 16.4 Å². The molecule has 1 aromatic carbocycles. The third kappa shape index (κ3) is 2.88. The molecular formula is C19H21N3OS. The van der Waals surface area contributed by atoms with Gasteiger partial charge in [-0.1, -0.05) is 42.5 Å². The summed E-state index contributed by atoms with van der Waals surface area (Å²) in [6.45, 7) is 2.90. The Morgan fingerprint density at radius 2 is 2.12 bits per heavy atom. The number of nitrogens with zero attached hydrogens (tertiary/aromatic N) is 3. The first-order valence-electron chi connectivity index (χ1n) is 8.64. The van der Waals surface area contributed by atoms with E-state index in [1.54, 1.807) is 16.0 Å². The first kappa shape index (κ1) is 15.5. The minimum Gasteiger partial charge on any atom is -0.267 e. The summed E-state index contributed by atoms with van der Waals surface area (Å²) in [6.07, 6.45) is 5.08. The number of rotatable bonds is 4. The van der Waals surface area contributed by atoms with Crippen LogP contribution in [0.2, 0.25) is 0 Å². The topological polar surface area (TPSA) is 47.8 Å². The van der Waals surface area contributed by atoms with Crippen molar-refractivity contribution in [3.8, 4) is 0 Å². The lowest BCUT2D eigenvalue weighted by Crippen LogP contribution is -2.25. The van der Waals surface area contributed by atoms with Crippen LogP contribution in [0, 0.1) is 5.92 Å². The number of hydrogen-bond acceptors (Lipinski definition) is 4. The molecule has 0 N–H and O–H groups in total. The number of fused-ring (bicyclic) bond motifs is 3. The van der Waals surface area contributed by atoms with Crippen LogP contribution < -0.4 is 5.56 Å². The minimum atomic E-state index is 0.0418.